The first-order valence-corrected chi connectivity index (χ1v) is 4.38. The molecule has 0 N–H and O–H groups in total. The first kappa shape index (κ1) is 8.97. The monoisotopic (exact) mass is 160 g/mol. The third kappa shape index (κ3) is 3.70. The highest BCUT2D eigenvalue weighted by Crippen LogP contribution is 2.14. The van der Waals surface area contributed by atoms with Gasteiger partial charge in [0.25, 0.3) is 0 Å². The molecular formula is C8H16O3. The highest BCUT2D eigenvalue weighted by Gasteiger charge is 2.14. The molecule has 0 bridgehead atoms. The quantitative estimate of drug-likeness (QED) is 0.466. The van der Waals surface area contributed by atoms with Crippen LogP contribution in [0.4, 0.5) is 0 Å². The molecule has 1 unspecified atom stereocenters. The van der Waals surface area contributed by atoms with Gasteiger partial charge in [-0.1, -0.05) is 31.2 Å². The zero-order valence-electron chi connectivity index (χ0n) is 7.04. The maximum atomic E-state index is 4.90. The van der Waals surface area contributed by atoms with Crippen LogP contribution in [0.5, 0.6) is 0 Å². The molecule has 1 heterocycles. The molecule has 0 aromatic rings. The Labute approximate surface area is 67.5 Å². The van der Waals surface area contributed by atoms with E-state index in [1.165, 1.54) is 19.3 Å². The Bertz CT molecular complexity index is 89.3. The molecule has 0 radical (unpaired) electrons. The van der Waals surface area contributed by atoms with Gasteiger partial charge >= 0.3 is 0 Å². The third-order valence-electron chi connectivity index (χ3n) is 1.88. The SMILES string of the molecule is CCCCCC1CCOOO1. The molecular weight excluding hydrogens is 144 g/mol. The molecule has 1 aliphatic heterocycles. The highest BCUT2D eigenvalue weighted by molar-refractivity contribution is 4.56. The smallest absolute Gasteiger partial charge is 0.0984 e. The van der Waals surface area contributed by atoms with Crippen LogP contribution in [0.1, 0.15) is 39.0 Å². The summed E-state index contributed by atoms with van der Waals surface area (Å²) in [4.78, 5) is 9.49. The van der Waals surface area contributed by atoms with E-state index in [9.17, 15) is 0 Å². The number of hydrogen-bond donors (Lipinski definition) is 0. The average Bonchev–Trinajstić information content (AvgIpc) is 2.07. The lowest BCUT2D eigenvalue weighted by molar-refractivity contribution is -0.549. The predicted octanol–water partition coefficient (Wildman–Crippen LogP) is 2.22. The zero-order valence-corrected chi connectivity index (χ0v) is 7.04. The Kier molecular flexibility index (Phi) is 4.50. The lowest BCUT2D eigenvalue weighted by atomic mass is 10.1. The minimum atomic E-state index is 0.260. The molecule has 1 rings (SSSR count). The first-order chi connectivity index (χ1) is 5.43. The second-order valence-electron chi connectivity index (χ2n) is 2.89. The summed E-state index contributed by atoms with van der Waals surface area (Å²) >= 11 is 0. The summed E-state index contributed by atoms with van der Waals surface area (Å²) in [5, 5.41) is 4.41. The van der Waals surface area contributed by atoms with Crippen molar-refractivity contribution in [2.75, 3.05) is 6.61 Å². The van der Waals surface area contributed by atoms with Gasteiger partial charge in [-0.15, -0.1) is 0 Å². The van der Waals surface area contributed by atoms with Crippen LogP contribution in [0.2, 0.25) is 0 Å². The van der Waals surface area contributed by atoms with Crippen molar-refractivity contribution in [3.8, 4) is 0 Å². The van der Waals surface area contributed by atoms with E-state index in [0.717, 1.165) is 12.8 Å². The van der Waals surface area contributed by atoms with Crippen molar-refractivity contribution in [1.29, 1.82) is 0 Å². The van der Waals surface area contributed by atoms with Crippen molar-refractivity contribution in [2.24, 2.45) is 0 Å². The molecule has 1 atom stereocenters. The van der Waals surface area contributed by atoms with Gasteiger partial charge in [0.2, 0.25) is 0 Å². The van der Waals surface area contributed by atoms with E-state index in [2.05, 4.69) is 16.8 Å². The second kappa shape index (κ2) is 5.52. The van der Waals surface area contributed by atoms with Gasteiger partial charge in [0.05, 0.1) is 12.7 Å². The Hall–Kier alpha value is -0.120. The van der Waals surface area contributed by atoms with Crippen LogP contribution in [0.25, 0.3) is 0 Å². The summed E-state index contributed by atoms with van der Waals surface area (Å²) in [5.74, 6) is 0. The Morgan fingerprint density at radius 3 is 2.91 bits per heavy atom. The average molecular weight is 160 g/mol. The summed E-state index contributed by atoms with van der Waals surface area (Å²) in [7, 11) is 0. The topological polar surface area (TPSA) is 27.7 Å². The summed E-state index contributed by atoms with van der Waals surface area (Å²) in [6, 6.07) is 0. The predicted molar refractivity (Wildman–Crippen MR) is 40.7 cm³/mol. The van der Waals surface area contributed by atoms with Gasteiger partial charge in [0.1, 0.15) is 0 Å². The van der Waals surface area contributed by atoms with Gasteiger partial charge < -0.3 is 0 Å². The minimum Gasteiger partial charge on any atom is -0.206 e. The fourth-order valence-corrected chi connectivity index (χ4v) is 1.16. The van der Waals surface area contributed by atoms with Gasteiger partial charge in [-0.25, -0.2) is 9.78 Å². The van der Waals surface area contributed by atoms with Crippen LogP contribution in [0, 0.1) is 0 Å². The van der Waals surface area contributed by atoms with Crippen LogP contribution in [-0.4, -0.2) is 12.7 Å². The summed E-state index contributed by atoms with van der Waals surface area (Å²) in [6.45, 7) is 2.86. The van der Waals surface area contributed by atoms with E-state index in [1.807, 2.05) is 0 Å². The standard InChI is InChI=1S/C8H16O3/c1-2-3-4-5-8-6-7-9-11-10-8/h8H,2-7H2,1H3. The van der Waals surface area contributed by atoms with E-state index in [4.69, 9.17) is 4.89 Å². The van der Waals surface area contributed by atoms with E-state index in [0.29, 0.717) is 6.61 Å². The highest BCUT2D eigenvalue weighted by atomic mass is 17.5. The molecule has 3 nitrogen and oxygen atoms in total. The van der Waals surface area contributed by atoms with Crippen molar-refractivity contribution in [3.05, 3.63) is 0 Å². The molecule has 0 aliphatic carbocycles. The lowest BCUT2D eigenvalue weighted by Crippen LogP contribution is -2.21. The molecule has 0 aromatic heterocycles. The molecule has 0 saturated carbocycles. The number of hydrogen-bond acceptors (Lipinski definition) is 3. The normalized spacial score (nSPS) is 25.4. The van der Waals surface area contributed by atoms with E-state index < -0.39 is 0 Å². The van der Waals surface area contributed by atoms with Crippen LogP contribution >= 0.6 is 0 Å². The van der Waals surface area contributed by atoms with Crippen LogP contribution < -0.4 is 0 Å². The minimum absolute atomic E-state index is 0.260. The van der Waals surface area contributed by atoms with Gasteiger partial charge in [-0.3, -0.25) is 0 Å². The van der Waals surface area contributed by atoms with Crippen molar-refractivity contribution < 1.29 is 14.8 Å². The maximum absolute atomic E-state index is 4.90. The molecule has 11 heavy (non-hydrogen) atoms. The van der Waals surface area contributed by atoms with E-state index >= 15 is 0 Å². The van der Waals surface area contributed by atoms with Crippen molar-refractivity contribution in [2.45, 2.75) is 45.1 Å². The first-order valence-electron chi connectivity index (χ1n) is 4.38. The van der Waals surface area contributed by atoms with E-state index in [1.54, 1.807) is 0 Å². The molecule has 66 valence electrons. The fourth-order valence-electron chi connectivity index (χ4n) is 1.16. The molecule has 0 amide bonds. The Morgan fingerprint density at radius 2 is 2.27 bits per heavy atom. The zero-order chi connectivity index (χ0) is 7.94. The fraction of sp³-hybridized carbons (Fsp3) is 1.00. The largest absolute Gasteiger partial charge is 0.206 e. The Morgan fingerprint density at radius 1 is 1.36 bits per heavy atom. The second-order valence-corrected chi connectivity index (χ2v) is 2.89. The van der Waals surface area contributed by atoms with Crippen molar-refractivity contribution >= 4 is 0 Å². The van der Waals surface area contributed by atoms with Gasteiger partial charge in [-0.05, 0) is 6.42 Å². The van der Waals surface area contributed by atoms with Gasteiger partial charge in [-0.2, -0.15) is 0 Å². The molecule has 1 fully saturated rings. The summed E-state index contributed by atoms with van der Waals surface area (Å²) in [5.41, 5.74) is 0. The molecule has 0 aromatic carbocycles. The number of rotatable bonds is 4. The third-order valence-corrected chi connectivity index (χ3v) is 1.88. The molecule has 1 saturated heterocycles. The van der Waals surface area contributed by atoms with Crippen molar-refractivity contribution in [1.82, 2.24) is 0 Å². The summed E-state index contributed by atoms with van der Waals surface area (Å²) in [6.07, 6.45) is 6.08. The van der Waals surface area contributed by atoms with Crippen LogP contribution in [0.3, 0.4) is 0 Å². The summed E-state index contributed by atoms with van der Waals surface area (Å²) < 4.78 is 0. The maximum Gasteiger partial charge on any atom is 0.0984 e. The Balaban J connectivity index is 1.96. The lowest BCUT2D eigenvalue weighted by Gasteiger charge is -2.19. The van der Waals surface area contributed by atoms with Gasteiger partial charge in [0, 0.05) is 6.42 Å². The van der Waals surface area contributed by atoms with E-state index in [-0.39, 0.29) is 6.10 Å². The van der Waals surface area contributed by atoms with Crippen LogP contribution in [0.15, 0.2) is 0 Å². The molecule has 0 spiro atoms. The molecule has 3 heteroatoms. The number of unbranched alkanes of at least 4 members (excludes halogenated alkanes) is 2. The molecule has 1 aliphatic rings. The van der Waals surface area contributed by atoms with Gasteiger partial charge in [0.15, 0.2) is 0 Å². The van der Waals surface area contributed by atoms with Crippen molar-refractivity contribution in [3.63, 3.8) is 0 Å². The van der Waals surface area contributed by atoms with Crippen LogP contribution in [-0.2, 0) is 14.8 Å².